The third-order valence-electron chi connectivity index (χ3n) is 4.90. The number of benzene rings is 2. The van der Waals surface area contributed by atoms with Gasteiger partial charge < -0.3 is 0 Å². The molecule has 0 spiro atoms. The molecule has 27 heavy (non-hydrogen) atoms. The van der Waals surface area contributed by atoms with Crippen LogP contribution >= 0.6 is 0 Å². The van der Waals surface area contributed by atoms with Crippen LogP contribution in [-0.4, -0.2) is 52.8 Å². The Bertz CT molecular complexity index is 1090. The maximum absolute atomic E-state index is 12.8. The predicted molar refractivity (Wildman–Crippen MR) is 93.8 cm³/mol. The molecule has 0 unspecified atom stereocenters. The summed E-state index contributed by atoms with van der Waals surface area (Å²) in [7, 11) is 1.38. The molecule has 7 nitrogen and oxygen atoms in total. The summed E-state index contributed by atoms with van der Waals surface area (Å²) < 4.78 is 0. The number of amides is 4. The zero-order chi connectivity index (χ0) is 19.5. The largest absolute Gasteiger partial charge is 0.289 e. The molecule has 4 amide bonds. The first-order valence-corrected chi connectivity index (χ1v) is 8.36. The minimum atomic E-state index is -0.460. The van der Waals surface area contributed by atoms with E-state index in [-0.39, 0.29) is 45.8 Å². The number of rotatable bonds is 3. The fraction of sp³-hybridized carbons (Fsp3) is 0.150. The van der Waals surface area contributed by atoms with Crippen molar-refractivity contribution in [1.82, 2.24) is 9.80 Å². The topological polar surface area (TPSA) is 91.8 Å². The summed E-state index contributed by atoms with van der Waals surface area (Å²) in [6.07, 6.45) is 0. The van der Waals surface area contributed by atoms with Crippen LogP contribution in [0.25, 0.3) is 0 Å². The van der Waals surface area contributed by atoms with Crippen LogP contribution in [0.2, 0.25) is 0 Å². The van der Waals surface area contributed by atoms with Gasteiger partial charge in [-0.1, -0.05) is 12.1 Å². The molecule has 2 aromatic rings. The summed E-state index contributed by atoms with van der Waals surface area (Å²) in [4.78, 5) is 63.5. The summed E-state index contributed by atoms with van der Waals surface area (Å²) in [6.45, 7) is 1.96. The fourth-order valence-corrected chi connectivity index (χ4v) is 3.39. The first-order valence-electron chi connectivity index (χ1n) is 8.36. The second-order valence-electron chi connectivity index (χ2n) is 6.37. The Morgan fingerprint density at radius 3 is 1.74 bits per heavy atom. The van der Waals surface area contributed by atoms with Crippen LogP contribution in [0.1, 0.15) is 64.3 Å². The molecule has 7 heteroatoms. The van der Waals surface area contributed by atoms with E-state index in [2.05, 4.69) is 0 Å². The first-order chi connectivity index (χ1) is 12.8. The molecule has 0 bridgehead atoms. The molecule has 0 radical (unpaired) electrons. The van der Waals surface area contributed by atoms with Gasteiger partial charge in [0.1, 0.15) is 0 Å². The highest BCUT2D eigenvalue weighted by Gasteiger charge is 2.36. The minimum absolute atomic E-state index is 0.179. The van der Waals surface area contributed by atoms with Gasteiger partial charge >= 0.3 is 0 Å². The van der Waals surface area contributed by atoms with Gasteiger partial charge in [-0.2, -0.15) is 0 Å². The summed E-state index contributed by atoms with van der Waals surface area (Å²) in [5.41, 5.74) is 1.37. The molecule has 0 aliphatic carbocycles. The lowest BCUT2D eigenvalue weighted by Gasteiger charge is -2.08. The summed E-state index contributed by atoms with van der Waals surface area (Å²) in [6, 6.07) is 8.67. The normalized spacial score (nSPS) is 15.5. The van der Waals surface area contributed by atoms with Crippen molar-refractivity contribution < 1.29 is 24.0 Å². The summed E-state index contributed by atoms with van der Waals surface area (Å²) >= 11 is 0. The van der Waals surface area contributed by atoms with Crippen LogP contribution in [0.5, 0.6) is 0 Å². The molecule has 2 aliphatic heterocycles. The lowest BCUT2D eigenvalue weighted by Crippen LogP contribution is -2.29. The number of fused-ring (bicyclic) bond motifs is 2. The Balaban J connectivity index is 1.73. The van der Waals surface area contributed by atoms with Gasteiger partial charge in [0, 0.05) is 24.7 Å². The van der Waals surface area contributed by atoms with Crippen molar-refractivity contribution in [3.63, 3.8) is 0 Å². The number of carbonyl (C=O) groups is 5. The van der Waals surface area contributed by atoms with Crippen molar-refractivity contribution in [2.45, 2.75) is 6.92 Å². The Morgan fingerprint density at radius 1 is 0.741 bits per heavy atom. The zero-order valence-electron chi connectivity index (χ0n) is 14.6. The standard InChI is InChI=1S/C20H14N2O5/c1-3-22-19(26)13-7-5-11(9-15(13)20(22)27)16(23)10-4-6-12-14(8-10)18(25)21(2)17(12)24/h4-9H,3H2,1-2H3. The Morgan fingerprint density at radius 2 is 1.19 bits per heavy atom. The lowest BCUT2D eigenvalue weighted by molar-refractivity contribution is 0.0656. The molecule has 2 heterocycles. The van der Waals surface area contributed by atoms with E-state index in [1.807, 2.05) is 0 Å². The van der Waals surface area contributed by atoms with Gasteiger partial charge in [0.25, 0.3) is 23.6 Å². The highest BCUT2D eigenvalue weighted by Crippen LogP contribution is 2.27. The van der Waals surface area contributed by atoms with Gasteiger partial charge in [0.15, 0.2) is 5.78 Å². The van der Waals surface area contributed by atoms with E-state index in [1.165, 1.54) is 43.4 Å². The molecular formula is C20H14N2O5. The number of imide groups is 2. The molecule has 0 saturated heterocycles. The number of ketones is 1. The SMILES string of the molecule is CCN1C(=O)c2ccc(C(=O)c3ccc4c(c3)C(=O)N(C)C4=O)cc2C1=O. The van der Waals surface area contributed by atoms with Crippen LogP contribution < -0.4 is 0 Å². The molecule has 134 valence electrons. The van der Waals surface area contributed by atoms with Gasteiger partial charge in [-0.3, -0.25) is 33.8 Å². The van der Waals surface area contributed by atoms with E-state index in [0.717, 1.165) is 9.80 Å². The minimum Gasteiger partial charge on any atom is -0.289 e. The highest BCUT2D eigenvalue weighted by molar-refractivity contribution is 6.24. The maximum Gasteiger partial charge on any atom is 0.261 e. The zero-order valence-corrected chi connectivity index (χ0v) is 14.6. The lowest BCUT2D eigenvalue weighted by atomic mass is 9.96. The van der Waals surface area contributed by atoms with E-state index in [1.54, 1.807) is 6.92 Å². The second-order valence-corrected chi connectivity index (χ2v) is 6.37. The van der Waals surface area contributed by atoms with Gasteiger partial charge in [0.2, 0.25) is 0 Å². The Labute approximate surface area is 154 Å². The Kier molecular flexibility index (Phi) is 3.56. The van der Waals surface area contributed by atoms with Gasteiger partial charge in [-0.25, -0.2) is 0 Å². The molecule has 0 fully saturated rings. The van der Waals surface area contributed by atoms with E-state index in [4.69, 9.17) is 0 Å². The molecule has 0 N–H and O–H groups in total. The van der Waals surface area contributed by atoms with Crippen molar-refractivity contribution in [3.8, 4) is 0 Å². The van der Waals surface area contributed by atoms with E-state index in [0.29, 0.717) is 0 Å². The quantitative estimate of drug-likeness (QED) is 0.613. The highest BCUT2D eigenvalue weighted by atomic mass is 16.2. The van der Waals surface area contributed by atoms with Crippen LogP contribution in [0.4, 0.5) is 0 Å². The van der Waals surface area contributed by atoms with E-state index in [9.17, 15) is 24.0 Å². The van der Waals surface area contributed by atoms with E-state index >= 15 is 0 Å². The van der Waals surface area contributed by atoms with Crippen LogP contribution in [0.15, 0.2) is 36.4 Å². The van der Waals surface area contributed by atoms with Crippen molar-refractivity contribution in [2.75, 3.05) is 13.6 Å². The molecule has 0 saturated carbocycles. The summed E-state index contributed by atoms with van der Waals surface area (Å²) in [5.74, 6) is -2.07. The first kappa shape index (κ1) is 16.8. The number of hydrogen-bond acceptors (Lipinski definition) is 5. The molecule has 0 aromatic heterocycles. The van der Waals surface area contributed by atoms with Crippen molar-refractivity contribution >= 4 is 29.4 Å². The number of carbonyl (C=O) groups excluding carboxylic acids is 5. The monoisotopic (exact) mass is 362 g/mol. The van der Waals surface area contributed by atoms with Crippen LogP contribution in [0.3, 0.4) is 0 Å². The molecular weight excluding hydrogens is 348 g/mol. The average Bonchev–Trinajstić information content (AvgIpc) is 3.06. The van der Waals surface area contributed by atoms with Gasteiger partial charge in [-0.05, 0) is 31.2 Å². The summed E-state index contributed by atoms with van der Waals surface area (Å²) in [5, 5.41) is 0. The van der Waals surface area contributed by atoms with E-state index < -0.39 is 23.5 Å². The third kappa shape index (κ3) is 2.25. The van der Waals surface area contributed by atoms with Gasteiger partial charge in [0.05, 0.1) is 22.3 Å². The van der Waals surface area contributed by atoms with Crippen molar-refractivity contribution in [2.24, 2.45) is 0 Å². The predicted octanol–water partition coefficient (Wildman–Crippen LogP) is 1.76. The molecule has 2 aromatic carbocycles. The maximum atomic E-state index is 12.8. The third-order valence-corrected chi connectivity index (χ3v) is 4.90. The second kappa shape index (κ2) is 5.70. The smallest absolute Gasteiger partial charge is 0.261 e. The Hall–Kier alpha value is -3.61. The van der Waals surface area contributed by atoms with Crippen molar-refractivity contribution in [1.29, 1.82) is 0 Å². The van der Waals surface area contributed by atoms with Crippen LogP contribution in [0, 0.1) is 0 Å². The van der Waals surface area contributed by atoms with Gasteiger partial charge in [-0.15, -0.1) is 0 Å². The van der Waals surface area contributed by atoms with Crippen LogP contribution in [-0.2, 0) is 0 Å². The molecule has 0 atom stereocenters. The average molecular weight is 362 g/mol. The fourth-order valence-electron chi connectivity index (χ4n) is 3.39. The number of hydrogen-bond donors (Lipinski definition) is 0. The number of nitrogens with zero attached hydrogens (tertiary/aromatic N) is 2. The molecule has 4 rings (SSSR count). The molecule has 2 aliphatic rings. The van der Waals surface area contributed by atoms with Crippen molar-refractivity contribution in [3.05, 3.63) is 69.8 Å².